The van der Waals surface area contributed by atoms with Crippen LogP contribution in [0.25, 0.3) is 0 Å². The number of carbonyl (C=O) groups excluding carboxylic acids is 3. The number of alkyl halides is 2. The number of methoxy groups -OCH3 is 1. The number of aliphatic hydroxyl groups is 1. The minimum atomic E-state index is -4.00. The van der Waals surface area contributed by atoms with Crippen LogP contribution in [0.2, 0.25) is 0 Å². The van der Waals surface area contributed by atoms with Gasteiger partial charge in [-0.2, -0.15) is 8.78 Å². The van der Waals surface area contributed by atoms with Gasteiger partial charge < -0.3 is 26.2 Å². The van der Waals surface area contributed by atoms with Crippen LogP contribution in [0.3, 0.4) is 0 Å². The molecule has 0 aromatic rings. The fraction of sp³-hybridized carbons (Fsp3) is 0.824. The highest BCUT2D eigenvalue weighted by Crippen LogP contribution is 2.23. The topological polar surface area (TPSA) is 131 Å². The number of unbranched alkanes of at least 4 members (excludes halogenated alkanes) is 1. The van der Waals surface area contributed by atoms with Gasteiger partial charge in [-0.1, -0.05) is 13.8 Å². The Morgan fingerprint density at radius 2 is 1.81 bits per heavy atom. The molecular weight excluding hydrogens is 364 g/mol. The molecule has 1 unspecified atom stereocenters. The molecule has 0 aliphatic carbocycles. The van der Waals surface area contributed by atoms with Crippen molar-refractivity contribution in [2.45, 2.75) is 70.6 Å². The molecule has 0 rings (SSSR count). The number of nitrogens with two attached hydrogens (primary N) is 1. The van der Waals surface area contributed by atoms with Crippen LogP contribution in [-0.4, -0.2) is 60.7 Å². The monoisotopic (exact) mass is 395 g/mol. The Morgan fingerprint density at radius 3 is 2.30 bits per heavy atom. The molecule has 3 atom stereocenters. The zero-order valence-electron chi connectivity index (χ0n) is 16.3. The zero-order chi connectivity index (χ0) is 21.2. The molecule has 0 saturated carbocycles. The number of amides is 2. The van der Waals surface area contributed by atoms with Crippen molar-refractivity contribution in [3.63, 3.8) is 0 Å². The van der Waals surface area contributed by atoms with Gasteiger partial charge in [-0.05, 0) is 31.6 Å². The lowest BCUT2D eigenvalue weighted by molar-refractivity contribution is -0.166. The molecule has 2 amide bonds. The lowest BCUT2D eigenvalue weighted by Crippen LogP contribution is -2.55. The summed E-state index contributed by atoms with van der Waals surface area (Å²) in [5.74, 6) is -6.60. The smallest absolute Gasteiger partial charge is 0.351 e. The molecule has 0 fully saturated rings. The normalized spacial score (nSPS) is 15.0. The van der Waals surface area contributed by atoms with Gasteiger partial charge in [0.15, 0.2) is 0 Å². The van der Waals surface area contributed by atoms with Crippen LogP contribution < -0.4 is 16.4 Å². The van der Waals surface area contributed by atoms with Gasteiger partial charge in [-0.25, -0.2) is 4.79 Å². The summed E-state index contributed by atoms with van der Waals surface area (Å²) in [6.07, 6.45) is -1.21. The van der Waals surface area contributed by atoms with Gasteiger partial charge in [0.25, 0.3) is 5.91 Å². The van der Waals surface area contributed by atoms with E-state index in [9.17, 15) is 28.3 Å². The van der Waals surface area contributed by atoms with Gasteiger partial charge in [-0.3, -0.25) is 9.59 Å². The molecule has 27 heavy (non-hydrogen) atoms. The first-order chi connectivity index (χ1) is 12.4. The lowest BCUT2D eigenvalue weighted by Gasteiger charge is -2.27. The van der Waals surface area contributed by atoms with Crippen molar-refractivity contribution in [1.29, 1.82) is 0 Å². The molecule has 10 heteroatoms. The minimum Gasteiger partial charge on any atom is -0.467 e. The largest absolute Gasteiger partial charge is 0.467 e. The van der Waals surface area contributed by atoms with Crippen LogP contribution in [0.15, 0.2) is 0 Å². The van der Waals surface area contributed by atoms with Gasteiger partial charge in [0.2, 0.25) is 5.91 Å². The van der Waals surface area contributed by atoms with Gasteiger partial charge in [0, 0.05) is 19.5 Å². The summed E-state index contributed by atoms with van der Waals surface area (Å²) in [4.78, 5) is 34.3. The second-order valence-electron chi connectivity index (χ2n) is 6.89. The number of nitrogens with one attached hydrogen (secondary N) is 2. The molecular formula is C17H31F2N3O5. The van der Waals surface area contributed by atoms with Crippen LogP contribution in [-0.2, 0) is 19.1 Å². The van der Waals surface area contributed by atoms with Crippen molar-refractivity contribution in [3.8, 4) is 0 Å². The molecule has 8 nitrogen and oxygen atoms in total. The predicted octanol–water partition coefficient (Wildman–Crippen LogP) is 0.320. The lowest BCUT2D eigenvalue weighted by atomic mass is 9.96. The second kappa shape index (κ2) is 11.8. The molecule has 0 aromatic carbocycles. The maximum atomic E-state index is 14.0. The van der Waals surface area contributed by atoms with Crippen molar-refractivity contribution >= 4 is 17.8 Å². The van der Waals surface area contributed by atoms with Crippen LogP contribution in [0.1, 0.15) is 46.5 Å². The fourth-order valence-electron chi connectivity index (χ4n) is 2.51. The summed E-state index contributed by atoms with van der Waals surface area (Å²) < 4.78 is 32.6. The summed E-state index contributed by atoms with van der Waals surface area (Å²) in [5.41, 5.74) is 5.54. The molecule has 0 spiro atoms. The SMILES string of the molecule is COC(=O)[C@H](CCCCNC(=O)C(F)(F)C(O)[C@@H](N)CC(C)C)NC(C)=O. The second-order valence-corrected chi connectivity index (χ2v) is 6.89. The molecule has 0 heterocycles. The number of esters is 1. The molecule has 0 bridgehead atoms. The Hall–Kier alpha value is -1.81. The third kappa shape index (κ3) is 9.09. The van der Waals surface area contributed by atoms with Gasteiger partial charge in [-0.15, -0.1) is 0 Å². The Balaban J connectivity index is 4.40. The highest BCUT2D eigenvalue weighted by molar-refractivity contribution is 5.84. The summed E-state index contributed by atoms with van der Waals surface area (Å²) in [7, 11) is 1.19. The summed E-state index contributed by atoms with van der Waals surface area (Å²) in [5, 5.41) is 14.2. The van der Waals surface area contributed by atoms with Crippen LogP contribution in [0, 0.1) is 5.92 Å². The van der Waals surface area contributed by atoms with E-state index in [0.29, 0.717) is 12.8 Å². The van der Waals surface area contributed by atoms with E-state index in [4.69, 9.17) is 5.73 Å². The highest BCUT2D eigenvalue weighted by Gasteiger charge is 2.48. The summed E-state index contributed by atoms with van der Waals surface area (Å²) in [6.45, 7) is 4.72. The third-order valence-electron chi connectivity index (χ3n) is 3.89. The number of rotatable bonds is 12. The number of hydrogen-bond acceptors (Lipinski definition) is 6. The number of carbonyl (C=O) groups is 3. The molecule has 158 valence electrons. The molecule has 5 N–H and O–H groups in total. The Kier molecular flexibility index (Phi) is 11.0. The minimum absolute atomic E-state index is 0.000111. The number of aliphatic hydroxyl groups excluding tert-OH is 1. The standard InChI is InChI=1S/C17H31F2N3O5/c1-10(2)9-12(20)14(24)17(18,19)16(26)21-8-6-5-7-13(15(25)27-4)22-11(3)23/h10,12-14,24H,5-9,20H2,1-4H3,(H,21,26)(H,22,23)/t12-,13-,14?/m0/s1. The first kappa shape index (κ1) is 25.2. The zero-order valence-corrected chi connectivity index (χ0v) is 16.3. The van der Waals surface area contributed by atoms with Gasteiger partial charge in [0.1, 0.15) is 12.1 Å². The first-order valence-corrected chi connectivity index (χ1v) is 8.88. The van der Waals surface area contributed by atoms with Gasteiger partial charge in [0.05, 0.1) is 7.11 Å². The Morgan fingerprint density at radius 1 is 1.22 bits per heavy atom. The molecule has 0 saturated heterocycles. The van der Waals surface area contributed by atoms with E-state index in [0.717, 1.165) is 0 Å². The maximum absolute atomic E-state index is 14.0. The fourth-order valence-corrected chi connectivity index (χ4v) is 2.51. The molecule has 0 aliphatic rings. The van der Waals surface area contributed by atoms with E-state index in [1.807, 2.05) is 0 Å². The summed E-state index contributed by atoms with van der Waals surface area (Å²) in [6, 6.07) is -2.05. The maximum Gasteiger partial charge on any atom is 0.351 e. The van der Waals surface area contributed by atoms with E-state index in [2.05, 4.69) is 15.4 Å². The van der Waals surface area contributed by atoms with E-state index in [1.54, 1.807) is 13.8 Å². The van der Waals surface area contributed by atoms with E-state index in [1.165, 1.54) is 14.0 Å². The first-order valence-electron chi connectivity index (χ1n) is 8.88. The van der Waals surface area contributed by atoms with Crippen molar-refractivity contribution in [2.75, 3.05) is 13.7 Å². The van der Waals surface area contributed by atoms with Crippen LogP contribution in [0.5, 0.6) is 0 Å². The quantitative estimate of drug-likeness (QED) is 0.278. The number of halogens is 2. The number of ether oxygens (including phenoxy) is 1. The van der Waals surface area contributed by atoms with Crippen LogP contribution >= 0.6 is 0 Å². The van der Waals surface area contributed by atoms with Crippen molar-refractivity contribution < 1.29 is 33.0 Å². The highest BCUT2D eigenvalue weighted by atomic mass is 19.3. The predicted molar refractivity (Wildman–Crippen MR) is 94.9 cm³/mol. The average Bonchev–Trinajstić information content (AvgIpc) is 2.57. The molecule has 0 aromatic heterocycles. The van der Waals surface area contributed by atoms with E-state index < -0.39 is 41.9 Å². The summed E-state index contributed by atoms with van der Waals surface area (Å²) >= 11 is 0. The van der Waals surface area contributed by atoms with Crippen molar-refractivity contribution in [1.82, 2.24) is 10.6 Å². The van der Waals surface area contributed by atoms with E-state index >= 15 is 0 Å². The third-order valence-corrected chi connectivity index (χ3v) is 3.89. The Labute approximate surface area is 158 Å². The van der Waals surface area contributed by atoms with Gasteiger partial charge >= 0.3 is 11.9 Å². The molecule has 0 aliphatic heterocycles. The van der Waals surface area contributed by atoms with Crippen molar-refractivity contribution in [3.05, 3.63) is 0 Å². The molecule has 0 radical (unpaired) electrons. The average molecular weight is 395 g/mol. The Bertz CT molecular complexity index is 503. The van der Waals surface area contributed by atoms with Crippen LogP contribution in [0.4, 0.5) is 8.78 Å². The van der Waals surface area contributed by atoms with Crippen molar-refractivity contribution in [2.24, 2.45) is 11.7 Å². The van der Waals surface area contributed by atoms with E-state index in [-0.39, 0.29) is 25.3 Å². The number of hydrogen-bond donors (Lipinski definition) is 4.